The third kappa shape index (κ3) is 2.60. The van der Waals surface area contributed by atoms with Crippen LogP contribution in [-0.2, 0) is 0 Å². The number of carbonyl (C=O) groups excluding carboxylic acids is 1. The average Bonchev–Trinajstić information content (AvgIpc) is 2.16. The second-order valence-electron chi connectivity index (χ2n) is 2.71. The van der Waals surface area contributed by atoms with Crippen molar-refractivity contribution in [2.24, 2.45) is 5.73 Å². The Kier molecular flexibility index (Phi) is 3.12. The molecule has 15 heavy (non-hydrogen) atoms. The highest BCUT2D eigenvalue weighted by atomic mass is 16.5. The molecule has 0 heterocycles. The Morgan fingerprint density at radius 3 is 2.60 bits per heavy atom. The molecule has 1 aromatic carbocycles. The van der Waals surface area contributed by atoms with Gasteiger partial charge in [-0.15, -0.1) is 0 Å². The van der Waals surface area contributed by atoms with E-state index in [-0.39, 0.29) is 11.3 Å². The number of hydrogen-bond donors (Lipinski definition) is 3. The van der Waals surface area contributed by atoms with Crippen LogP contribution < -0.4 is 15.8 Å². The summed E-state index contributed by atoms with van der Waals surface area (Å²) < 4.78 is 4.92. The van der Waals surface area contributed by atoms with Gasteiger partial charge in [0.1, 0.15) is 5.75 Å². The summed E-state index contributed by atoms with van der Waals surface area (Å²) in [4.78, 5) is 21.3. The molecule has 0 bridgehead atoms. The lowest BCUT2D eigenvalue weighted by atomic mass is 10.2. The topological polar surface area (TPSA) is 102 Å². The van der Waals surface area contributed by atoms with Crippen LogP contribution in [0.1, 0.15) is 10.4 Å². The van der Waals surface area contributed by atoms with E-state index in [9.17, 15) is 9.59 Å². The number of anilines is 1. The molecule has 80 valence electrons. The fourth-order valence-electron chi connectivity index (χ4n) is 1.07. The zero-order chi connectivity index (χ0) is 11.4. The summed E-state index contributed by atoms with van der Waals surface area (Å²) in [5, 5.41) is 11.0. The van der Waals surface area contributed by atoms with Gasteiger partial charge in [0.15, 0.2) is 0 Å². The van der Waals surface area contributed by atoms with E-state index >= 15 is 0 Å². The summed E-state index contributed by atoms with van der Waals surface area (Å²) in [6.07, 6.45) is 0. The number of nitrogens with one attached hydrogen (secondary N) is 1. The van der Waals surface area contributed by atoms with Crippen molar-refractivity contribution in [2.75, 3.05) is 12.4 Å². The summed E-state index contributed by atoms with van der Waals surface area (Å²) in [5.41, 5.74) is 5.19. The molecule has 0 spiro atoms. The molecular formula is C9H10N2O4. The van der Waals surface area contributed by atoms with Crippen LogP contribution >= 0.6 is 0 Å². The van der Waals surface area contributed by atoms with E-state index in [1.165, 1.54) is 25.3 Å². The quantitative estimate of drug-likeness (QED) is 0.689. The van der Waals surface area contributed by atoms with Crippen LogP contribution in [0.15, 0.2) is 18.2 Å². The number of carboxylic acid groups (broad SMARTS) is 1. The number of aromatic carboxylic acids is 1. The highest BCUT2D eigenvalue weighted by Gasteiger charge is 2.09. The Morgan fingerprint density at radius 1 is 1.47 bits per heavy atom. The SMILES string of the molecule is COc1ccc(C(=O)O)cc1NC(N)=O. The second-order valence-corrected chi connectivity index (χ2v) is 2.71. The molecule has 0 atom stereocenters. The van der Waals surface area contributed by atoms with E-state index in [0.29, 0.717) is 5.75 Å². The van der Waals surface area contributed by atoms with E-state index in [4.69, 9.17) is 15.6 Å². The fraction of sp³-hybridized carbons (Fsp3) is 0.111. The maximum Gasteiger partial charge on any atom is 0.335 e. The molecule has 0 saturated carbocycles. The molecule has 0 aliphatic heterocycles. The normalized spacial score (nSPS) is 9.40. The third-order valence-electron chi connectivity index (χ3n) is 1.70. The van der Waals surface area contributed by atoms with Gasteiger partial charge in [-0.05, 0) is 18.2 Å². The van der Waals surface area contributed by atoms with Gasteiger partial charge in [-0.3, -0.25) is 0 Å². The van der Waals surface area contributed by atoms with Crippen molar-refractivity contribution >= 4 is 17.7 Å². The number of methoxy groups -OCH3 is 1. The Balaban J connectivity index is 3.12. The highest BCUT2D eigenvalue weighted by Crippen LogP contribution is 2.25. The van der Waals surface area contributed by atoms with Gasteiger partial charge in [-0.2, -0.15) is 0 Å². The first-order valence-electron chi connectivity index (χ1n) is 4.02. The minimum atomic E-state index is -1.09. The predicted molar refractivity (Wildman–Crippen MR) is 53.2 cm³/mol. The molecule has 6 heteroatoms. The van der Waals surface area contributed by atoms with E-state index in [0.717, 1.165) is 0 Å². The number of rotatable bonds is 3. The first kappa shape index (κ1) is 10.8. The molecule has 0 aliphatic rings. The second kappa shape index (κ2) is 4.32. The molecule has 2 amide bonds. The van der Waals surface area contributed by atoms with Gasteiger partial charge in [0.05, 0.1) is 18.4 Å². The highest BCUT2D eigenvalue weighted by molar-refractivity contribution is 5.94. The van der Waals surface area contributed by atoms with Crippen LogP contribution in [0.5, 0.6) is 5.75 Å². The first-order chi connectivity index (χ1) is 7.04. The maximum absolute atomic E-state index is 10.7. The minimum absolute atomic E-state index is 0.0413. The molecule has 0 fully saturated rings. The number of ether oxygens (including phenoxy) is 1. The first-order valence-corrected chi connectivity index (χ1v) is 4.02. The largest absolute Gasteiger partial charge is 0.495 e. The number of urea groups is 1. The lowest BCUT2D eigenvalue weighted by Gasteiger charge is -2.08. The predicted octanol–water partition coefficient (Wildman–Crippen LogP) is 0.884. The van der Waals surface area contributed by atoms with Crippen LogP contribution in [0, 0.1) is 0 Å². The van der Waals surface area contributed by atoms with Crippen LogP contribution in [0.25, 0.3) is 0 Å². The van der Waals surface area contributed by atoms with Crippen molar-refractivity contribution in [1.29, 1.82) is 0 Å². The van der Waals surface area contributed by atoms with Crippen LogP contribution in [0.3, 0.4) is 0 Å². The number of benzene rings is 1. The van der Waals surface area contributed by atoms with E-state index in [2.05, 4.69) is 5.32 Å². The molecule has 0 radical (unpaired) electrons. The Hall–Kier alpha value is -2.24. The van der Waals surface area contributed by atoms with Gasteiger partial charge in [0, 0.05) is 0 Å². The number of primary amides is 1. The minimum Gasteiger partial charge on any atom is -0.495 e. The van der Waals surface area contributed by atoms with Crippen LogP contribution in [-0.4, -0.2) is 24.2 Å². The zero-order valence-corrected chi connectivity index (χ0v) is 7.98. The summed E-state index contributed by atoms with van der Waals surface area (Å²) >= 11 is 0. The monoisotopic (exact) mass is 210 g/mol. The molecule has 0 aromatic heterocycles. The number of carbonyl (C=O) groups is 2. The molecular weight excluding hydrogens is 200 g/mol. The molecule has 6 nitrogen and oxygen atoms in total. The van der Waals surface area contributed by atoms with Crippen LogP contribution in [0.4, 0.5) is 10.5 Å². The number of carboxylic acids is 1. The number of nitrogens with two attached hydrogens (primary N) is 1. The number of hydrogen-bond acceptors (Lipinski definition) is 3. The lowest BCUT2D eigenvalue weighted by molar-refractivity contribution is 0.0697. The van der Waals surface area contributed by atoms with Crippen molar-refractivity contribution in [1.82, 2.24) is 0 Å². The molecule has 0 saturated heterocycles. The van der Waals surface area contributed by atoms with Gasteiger partial charge in [0.25, 0.3) is 0 Å². The molecule has 0 unspecified atom stereocenters. The Morgan fingerprint density at radius 2 is 2.13 bits per heavy atom. The molecule has 1 aromatic rings. The van der Waals surface area contributed by atoms with E-state index < -0.39 is 12.0 Å². The third-order valence-corrected chi connectivity index (χ3v) is 1.70. The number of amides is 2. The van der Waals surface area contributed by atoms with E-state index in [1.807, 2.05) is 0 Å². The Labute approximate surface area is 85.6 Å². The van der Waals surface area contributed by atoms with Crippen molar-refractivity contribution in [3.8, 4) is 5.75 Å². The molecule has 0 aliphatic carbocycles. The summed E-state index contributed by atoms with van der Waals surface area (Å²) in [7, 11) is 1.40. The zero-order valence-electron chi connectivity index (χ0n) is 7.98. The van der Waals surface area contributed by atoms with Crippen molar-refractivity contribution in [2.45, 2.75) is 0 Å². The summed E-state index contributed by atoms with van der Waals surface area (Å²) in [6, 6.07) is 3.30. The fourth-order valence-corrected chi connectivity index (χ4v) is 1.07. The van der Waals surface area contributed by atoms with Gasteiger partial charge in [-0.25, -0.2) is 9.59 Å². The van der Waals surface area contributed by atoms with Crippen molar-refractivity contribution in [3.63, 3.8) is 0 Å². The molecule has 4 N–H and O–H groups in total. The Bertz CT molecular complexity index is 403. The van der Waals surface area contributed by atoms with Crippen molar-refractivity contribution < 1.29 is 19.4 Å². The summed E-state index contributed by atoms with van der Waals surface area (Å²) in [6.45, 7) is 0. The summed E-state index contributed by atoms with van der Waals surface area (Å²) in [5.74, 6) is -0.746. The average molecular weight is 210 g/mol. The van der Waals surface area contributed by atoms with Gasteiger partial charge in [0.2, 0.25) is 0 Å². The molecule has 1 rings (SSSR count). The van der Waals surface area contributed by atoms with Crippen molar-refractivity contribution in [3.05, 3.63) is 23.8 Å². The van der Waals surface area contributed by atoms with Gasteiger partial charge >= 0.3 is 12.0 Å². The van der Waals surface area contributed by atoms with Gasteiger partial charge in [-0.1, -0.05) is 0 Å². The maximum atomic E-state index is 10.7. The lowest BCUT2D eigenvalue weighted by Crippen LogP contribution is -2.20. The van der Waals surface area contributed by atoms with Crippen LogP contribution in [0.2, 0.25) is 0 Å². The van der Waals surface area contributed by atoms with E-state index in [1.54, 1.807) is 0 Å². The smallest absolute Gasteiger partial charge is 0.335 e. The standard InChI is InChI=1S/C9H10N2O4/c1-15-7-3-2-5(8(12)13)4-6(7)11-9(10)14/h2-4H,1H3,(H,12,13)(H3,10,11,14). The van der Waals surface area contributed by atoms with Gasteiger partial charge < -0.3 is 20.9 Å².